The summed E-state index contributed by atoms with van der Waals surface area (Å²) in [5.74, 6) is 3.21. The Morgan fingerprint density at radius 3 is 2.41 bits per heavy atom. The van der Waals surface area contributed by atoms with Gasteiger partial charge in [0.2, 0.25) is 5.91 Å². The molecular formula is C42H69NO6. The van der Waals surface area contributed by atoms with Crippen LogP contribution in [0.5, 0.6) is 0 Å². The number of aliphatic hydroxyl groups is 2. The van der Waals surface area contributed by atoms with Gasteiger partial charge in [0.1, 0.15) is 6.10 Å². The maximum atomic E-state index is 13.3. The number of ether oxygens (including phenoxy) is 3. The highest BCUT2D eigenvalue weighted by atomic mass is 16.7. The number of carbonyl (C=O) groups is 1. The van der Waals surface area contributed by atoms with E-state index in [0.717, 1.165) is 19.3 Å². The van der Waals surface area contributed by atoms with Crippen LogP contribution in [0.4, 0.5) is 0 Å². The van der Waals surface area contributed by atoms with Crippen molar-refractivity contribution in [3.63, 3.8) is 0 Å². The van der Waals surface area contributed by atoms with E-state index in [1.807, 2.05) is 4.90 Å². The largest absolute Gasteiger partial charge is 0.388 e. The second-order valence-electron chi connectivity index (χ2n) is 20.6. The molecule has 1 amide bonds. The average molecular weight is 684 g/mol. The van der Waals surface area contributed by atoms with Crippen molar-refractivity contribution >= 4 is 5.91 Å². The fraction of sp³-hybridized carbons (Fsp3) is 0.976. The molecule has 0 bridgehead atoms. The zero-order chi connectivity index (χ0) is 34.8. The van der Waals surface area contributed by atoms with Gasteiger partial charge in [0.25, 0.3) is 0 Å². The number of nitrogens with zero attached hydrogens (tertiary/aromatic N) is 1. The second-order valence-corrected chi connectivity index (χ2v) is 20.6. The lowest BCUT2D eigenvalue weighted by Gasteiger charge is -2.63. The molecule has 8 rings (SSSR count). The molecule has 2 heterocycles. The standard InChI is InChI=1S/C42H69NO6/c1-26-21-28(36(45)38(4,5)46)48-29-23-40(7)31-14-13-30-37(2,3)32(15-16-41(30)25-42(31,41)18-17-39(40,6)35(26)29)49-34-24-43(19-20-47-34)33(44)22-27-11-9-8-10-12-27/h26-32,34-36,45-46H,8-25H2,1-7H3/t26-,28?,29?,30?,31+,32+,34?,35?,36+,39-,40+,41-,42+/m1/s1. The van der Waals surface area contributed by atoms with E-state index in [4.69, 9.17) is 14.2 Å². The maximum Gasteiger partial charge on any atom is 0.223 e. The van der Waals surface area contributed by atoms with Crippen LogP contribution in [0.3, 0.4) is 0 Å². The van der Waals surface area contributed by atoms with Crippen LogP contribution in [-0.2, 0) is 19.0 Å². The monoisotopic (exact) mass is 684 g/mol. The normalized spacial score (nSPS) is 49.9. The molecule has 8 fully saturated rings. The summed E-state index contributed by atoms with van der Waals surface area (Å²) in [6.45, 7) is 17.9. The number of hydrogen-bond acceptors (Lipinski definition) is 6. The molecule has 7 heteroatoms. The number of carbonyl (C=O) groups excluding carboxylic acids is 1. The van der Waals surface area contributed by atoms with Crippen LogP contribution >= 0.6 is 0 Å². The molecule has 0 aromatic heterocycles. The van der Waals surface area contributed by atoms with Crippen molar-refractivity contribution in [1.82, 2.24) is 4.90 Å². The number of rotatable bonds is 6. The molecule has 278 valence electrons. The molecule has 0 radical (unpaired) electrons. The lowest BCUT2D eigenvalue weighted by Crippen LogP contribution is -2.59. The second kappa shape index (κ2) is 11.9. The van der Waals surface area contributed by atoms with Crippen LogP contribution in [0.1, 0.15) is 145 Å². The molecule has 13 atom stereocenters. The number of fused-ring (bicyclic) bond motifs is 4. The zero-order valence-corrected chi connectivity index (χ0v) is 32.0. The lowest BCUT2D eigenvalue weighted by atomic mass is 9.41. The first-order valence-electron chi connectivity index (χ1n) is 20.7. The van der Waals surface area contributed by atoms with Crippen LogP contribution in [0.2, 0.25) is 0 Å². The Morgan fingerprint density at radius 1 is 0.959 bits per heavy atom. The van der Waals surface area contributed by atoms with Crippen LogP contribution < -0.4 is 0 Å². The van der Waals surface area contributed by atoms with E-state index in [1.165, 1.54) is 70.6 Å². The summed E-state index contributed by atoms with van der Waals surface area (Å²) in [6.07, 6.45) is 16.6. The minimum atomic E-state index is -1.16. The Morgan fingerprint density at radius 2 is 1.67 bits per heavy atom. The van der Waals surface area contributed by atoms with Gasteiger partial charge < -0.3 is 29.3 Å². The molecule has 6 aliphatic carbocycles. The van der Waals surface area contributed by atoms with E-state index in [0.29, 0.717) is 72.4 Å². The van der Waals surface area contributed by atoms with Crippen molar-refractivity contribution < 1.29 is 29.2 Å². The molecule has 5 unspecified atom stereocenters. The quantitative estimate of drug-likeness (QED) is 0.302. The Hall–Kier alpha value is -0.730. The summed E-state index contributed by atoms with van der Waals surface area (Å²) in [7, 11) is 0. The number of aliphatic hydroxyl groups excluding tert-OH is 1. The lowest BCUT2D eigenvalue weighted by molar-refractivity contribution is -0.246. The fourth-order valence-corrected chi connectivity index (χ4v) is 15.1. The Bertz CT molecular complexity index is 1270. The highest BCUT2D eigenvalue weighted by Crippen LogP contribution is 2.89. The highest BCUT2D eigenvalue weighted by Gasteiger charge is 2.83. The number of morpholine rings is 1. The first kappa shape index (κ1) is 35.3. The van der Waals surface area contributed by atoms with Crippen molar-refractivity contribution in [2.45, 2.75) is 181 Å². The van der Waals surface area contributed by atoms with E-state index in [2.05, 4.69) is 34.6 Å². The van der Waals surface area contributed by atoms with Gasteiger partial charge in [-0.05, 0) is 141 Å². The topological polar surface area (TPSA) is 88.5 Å². The van der Waals surface area contributed by atoms with Crippen LogP contribution in [-0.4, -0.2) is 77.0 Å². The third kappa shape index (κ3) is 5.22. The summed E-state index contributed by atoms with van der Waals surface area (Å²) < 4.78 is 20.0. The molecule has 0 aromatic carbocycles. The third-order valence-electron chi connectivity index (χ3n) is 17.6. The molecule has 8 aliphatic rings. The summed E-state index contributed by atoms with van der Waals surface area (Å²) in [4.78, 5) is 15.3. The molecule has 2 spiro atoms. The molecular weight excluding hydrogens is 614 g/mol. The van der Waals surface area contributed by atoms with Crippen LogP contribution in [0.15, 0.2) is 0 Å². The van der Waals surface area contributed by atoms with E-state index in [9.17, 15) is 15.0 Å². The van der Waals surface area contributed by atoms with Crippen molar-refractivity contribution in [3.05, 3.63) is 0 Å². The minimum Gasteiger partial charge on any atom is -0.388 e. The molecule has 2 saturated heterocycles. The van der Waals surface area contributed by atoms with E-state index in [1.54, 1.807) is 13.8 Å². The summed E-state index contributed by atoms with van der Waals surface area (Å²) in [6, 6.07) is 0. The van der Waals surface area contributed by atoms with Crippen LogP contribution in [0.25, 0.3) is 0 Å². The summed E-state index contributed by atoms with van der Waals surface area (Å²) >= 11 is 0. The predicted molar refractivity (Wildman–Crippen MR) is 189 cm³/mol. The number of amides is 1. The van der Waals surface area contributed by atoms with Gasteiger partial charge in [0.05, 0.1) is 37.1 Å². The van der Waals surface area contributed by atoms with Gasteiger partial charge in [-0.2, -0.15) is 0 Å². The Labute approximate surface area is 297 Å². The number of hydrogen-bond donors (Lipinski definition) is 2. The van der Waals surface area contributed by atoms with Gasteiger partial charge in [-0.15, -0.1) is 0 Å². The van der Waals surface area contributed by atoms with Crippen molar-refractivity contribution in [2.75, 3.05) is 19.7 Å². The van der Waals surface area contributed by atoms with Crippen molar-refractivity contribution in [1.29, 1.82) is 0 Å². The average Bonchev–Trinajstić information content (AvgIpc) is 3.65. The maximum absolute atomic E-state index is 13.3. The van der Waals surface area contributed by atoms with Gasteiger partial charge in [-0.1, -0.05) is 53.9 Å². The van der Waals surface area contributed by atoms with E-state index < -0.39 is 11.7 Å². The predicted octanol–water partition coefficient (Wildman–Crippen LogP) is 7.50. The van der Waals surface area contributed by atoms with Crippen molar-refractivity contribution in [3.8, 4) is 0 Å². The highest BCUT2D eigenvalue weighted by molar-refractivity contribution is 5.76. The van der Waals surface area contributed by atoms with Gasteiger partial charge in [0.15, 0.2) is 6.29 Å². The van der Waals surface area contributed by atoms with Crippen molar-refractivity contribution in [2.24, 2.45) is 56.7 Å². The van der Waals surface area contributed by atoms with E-state index in [-0.39, 0.29) is 40.8 Å². The van der Waals surface area contributed by atoms with Gasteiger partial charge in [-0.25, -0.2) is 0 Å². The Kier molecular flexibility index (Phi) is 8.57. The molecule has 7 nitrogen and oxygen atoms in total. The SMILES string of the molecule is C[C@@H]1CC([C@H](O)C(C)(C)O)OC2C[C@@]3(C)[C@@H]4CCC5C(C)(C)[C@@H](OC6CN(C(=O)CC7CCCCC7)CCO6)CC[C@@]56C[C@@]46CC[C@]3(C)C21. The van der Waals surface area contributed by atoms with Gasteiger partial charge in [0, 0.05) is 13.0 Å². The minimum absolute atomic E-state index is 0.0634. The summed E-state index contributed by atoms with van der Waals surface area (Å²) in [5.41, 5.74) is 0.205. The third-order valence-corrected chi connectivity index (χ3v) is 17.6. The molecule has 2 N–H and O–H groups in total. The van der Waals surface area contributed by atoms with Crippen LogP contribution in [0, 0.1) is 56.7 Å². The van der Waals surface area contributed by atoms with Gasteiger partial charge in [-0.3, -0.25) is 4.79 Å². The molecule has 0 aromatic rings. The fourth-order valence-electron chi connectivity index (χ4n) is 15.1. The molecule has 49 heavy (non-hydrogen) atoms. The summed E-state index contributed by atoms with van der Waals surface area (Å²) in [5, 5.41) is 21.7. The smallest absolute Gasteiger partial charge is 0.223 e. The first-order chi connectivity index (χ1) is 23.1. The van der Waals surface area contributed by atoms with E-state index >= 15 is 0 Å². The zero-order valence-electron chi connectivity index (χ0n) is 32.0. The van der Waals surface area contributed by atoms with Gasteiger partial charge >= 0.3 is 0 Å². The first-order valence-corrected chi connectivity index (χ1v) is 20.7. The Balaban J connectivity index is 0.956. The molecule has 6 saturated carbocycles. The molecule has 2 aliphatic heterocycles.